The number of para-hydroxylation sites is 1. The number of hydrogen-bond acceptors (Lipinski definition) is 3. The maximum atomic E-state index is 12.6. The molecular weight excluding hydrogens is 352 g/mol. The van der Waals surface area contributed by atoms with E-state index in [9.17, 15) is 4.79 Å². The third kappa shape index (κ3) is 4.08. The van der Waals surface area contributed by atoms with Crippen LogP contribution < -0.4 is 20.1 Å². The van der Waals surface area contributed by atoms with Crippen LogP contribution in [0.5, 0.6) is 11.5 Å². The number of hydrogen-bond donors (Lipinski definition) is 2. The van der Waals surface area contributed by atoms with Gasteiger partial charge in [0.2, 0.25) is 0 Å². The van der Waals surface area contributed by atoms with Gasteiger partial charge in [-0.1, -0.05) is 38.1 Å². The molecule has 5 heteroatoms. The molecule has 0 spiro atoms. The van der Waals surface area contributed by atoms with Crippen LogP contribution in [0.1, 0.15) is 49.3 Å². The summed E-state index contributed by atoms with van der Waals surface area (Å²) in [7, 11) is 3.27. The SMILES string of the molecule is COc1ccc(C2(CNC(=O)Nc3c(C)cccc3C(C)C)CC2)cc1OC. The predicted molar refractivity (Wildman–Crippen MR) is 113 cm³/mol. The van der Waals surface area contributed by atoms with E-state index in [1.807, 2.05) is 31.2 Å². The van der Waals surface area contributed by atoms with Crippen LogP contribution >= 0.6 is 0 Å². The number of nitrogens with one attached hydrogen (secondary N) is 2. The summed E-state index contributed by atoms with van der Waals surface area (Å²) in [4.78, 5) is 12.6. The highest BCUT2D eigenvalue weighted by Crippen LogP contribution is 2.49. The van der Waals surface area contributed by atoms with Crippen LogP contribution in [0.25, 0.3) is 0 Å². The number of aryl methyl sites for hydroxylation is 1. The first kappa shape index (κ1) is 20.1. The Labute approximate surface area is 167 Å². The molecule has 0 bridgehead atoms. The highest BCUT2D eigenvalue weighted by molar-refractivity contribution is 5.91. The standard InChI is InChI=1S/C23H30N2O3/c1-15(2)18-8-6-7-16(3)21(18)25-22(26)24-14-23(11-12-23)17-9-10-19(27-4)20(13-17)28-5/h6-10,13,15H,11-12,14H2,1-5H3,(H2,24,25,26). The van der Waals surface area contributed by atoms with Crippen molar-refractivity contribution in [3.63, 3.8) is 0 Å². The molecule has 0 aliphatic heterocycles. The smallest absolute Gasteiger partial charge is 0.319 e. The second kappa shape index (κ2) is 8.13. The molecule has 2 aromatic carbocycles. The van der Waals surface area contributed by atoms with E-state index < -0.39 is 0 Å². The fraction of sp³-hybridized carbons (Fsp3) is 0.435. The summed E-state index contributed by atoms with van der Waals surface area (Å²) in [6.45, 7) is 6.88. The van der Waals surface area contributed by atoms with Crippen LogP contribution in [0.3, 0.4) is 0 Å². The van der Waals surface area contributed by atoms with E-state index in [0.717, 1.165) is 35.4 Å². The van der Waals surface area contributed by atoms with Gasteiger partial charge in [-0.05, 0) is 54.5 Å². The first-order valence-electron chi connectivity index (χ1n) is 9.77. The Morgan fingerprint density at radius 3 is 2.43 bits per heavy atom. The molecule has 1 fully saturated rings. The molecule has 5 nitrogen and oxygen atoms in total. The molecule has 2 amide bonds. The van der Waals surface area contributed by atoms with E-state index in [4.69, 9.17) is 9.47 Å². The number of ether oxygens (including phenoxy) is 2. The normalized spacial score (nSPS) is 14.5. The summed E-state index contributed by atoms with van der Waals surface area (Å²) in [5, 5.41) is 6.13. The Balaban J connectivity index is 1.69. The van der Waals surface area contributed by atoms with Crippen molar-refractivity contribution in [3.8, 4) is 11.5 Å². The van der Waals surface area contributed by atoms with Crippen molar-refractivity contribution < 1.29 is 14.3 Å². The highest BCUT2D eigenvalue weighted by atomic mass is 16.5. The second-order valence-corrected chi connectivity index (χ2v) is 7.85. The van der Waals surface area contributed by atoms with Gasteiger partial charge in [-0.3, -0.25) is 0 Å². The van der Waals surface area contributed by atoms with Crippen molar-refractivity contribution in [1.82, 2.24) is 5.32 Å². The average Bonchev–Trinajstić information content (AvgIpc) is 3.48. The molecule has 0 aromatic heterocycles. The molecule has 3 rings (SSSR count). The minimum Gasteiger partial charge on any atom is -0.493 e. The molecule has 0 unspecified atom stereocenters. The lowest BCUT2D eigenvalue weighted by Crippen LogP contribution is -2.35. The number of carbonyl (C=O) groups excluding carboxylic acids is 1. The summed E-state index contributed by atoms with van der Waals surface area (Å²) in [6.07, 6.45) is 2.09. The quantitative estimate of drug-likeness (QED) is 0.709. The molecule has 2 N–H and O–H groups in total. The van der Waals surface area contributed by atoms with Crippen LogP contribution in [0, 0.1) is 6.92 Å². The number of rotatable bonds is 7. The van der Waals surface area contributed by atoms with Crippen molar-refractivity contribution >= 4 is 11.7 Å². The van der Waals surface area contributed by atoms with Gasteiger partial charge in [0.25, 0.3) is 0 Å². The van der Waals surface area contributed by atoms with Gasteiger partial charge in [0, 0.05) is 17.6 Å². The van der Waals surface area contributed by atoms with E-state index in [0.29, 0.717) is 18.2 Å². The largest absolute Gasteiger partial charge is 0.493 e. The fourth-order valence-corrected chi connectivity index (χ4v) is 3.63. The molecule has 150 valence electrons. The zero-order chi connectivity index (χ0) is 20.3. The third-order valence-electron chi connectivity index (χ3n) is 5.60. The van der Waals surface area contributed by atoms with Gasteiger partial charge in [-0.2, -0.15) is 0 Å². The summed E-state index contributed by atoms with van der Waals surface area (Å²) >= 11 is 0. The number of anilines is 1. The van der Waals surface area contributed by atoms with Gasteiger partial charge in [-0.25, -0.2) is 4.79 Å². The van der Waals surface area contributed by atoms with Crippen LogP contribution in [-0.2, 0) is 5.41 Å². The topological polar surface area (TPSA) is 59.6 Å². The molecular formula is C23H30N2O3. The Morgan fingerprint density at radius 1 is 1.11 bits per heavy atom. The first-order chi connectivity index (χ1) is 13.4. The van der Waals surface area contributed by atoms with Crippen molar-refractivity contribution in [1.29, 1.82) is 0 Å². The maximum absolute atomic E-state index is 12.6. The average molecular weight is 383 g/mol. The molecule has 28 heavy (non-hydrogen) atoms. The minimum absolute atomic E-state index is 0.0243. The summed E-state index contributed by atoms with van der Waals surface area (Å²) in [5.74, 6) is 1.78. The van der Waals surface area contributed by atoms with Crippen molar-refractivity contribution in [2.24, 2.45) is 0 Å². The zero-order valence-corrected chi connectivity index (χ0v) is 17.4. The number of urea groups is 1. The molecule has 0 heterocycles. The van der Waals surface area contributed by atoms with E-state index >= 15 is 0 Å². The third-order valence-corrected chi connectivity index (χ3v) is 5.60. The Kier molecular flexibility index (Phi) is 5.82. The van der Waals surface area contributed by atoms with Gasteiger partial charge in [0.05, 0.1) is 14.2 Å². The fourth-order valence-electron chi connectivity index (χ4n) is 3.63. The number of amides is 2. The highest BCUT2D eigenvalue weighted by Gasteiger charge is 2.44. The molecule has 0 radical (unpaired) electrons. The van der Waals surface area contributed by atoms with Crippen LogP contribution in [0.2, 0.25) is 0 Å². The molecule has 1 aliphatic rings. The zero-order valence-electron chi connectivity index (χ0n) is 17.4. The molecule has 0 saturated heterocycles. The maximum Gasteiger partial charge on any atom is 0.319 e. The number of carbonyl (C=O) groups is 1. The molecule has 1 aliphatic carbocycles. The number of benzene rings is 2. The summed E-state index contributed by atoms with van der Waals surface area (Å²) < 4.78 is 10.8. The van der Waals surface area contributed by atoms with E-state index in [2.05, 4.69) is 36.6 Å². The van der Waals surface area contributed by atoms with Crippen LogP contribution in [0.4, 0.5) is 10.5 Å². The molecule has 0 atom stereocenters. The molecule has 2 aromatic rings. The van der Waals surface area contributed by atoms with Gasteiger partial charge in [0.15, 0.2) is 11.5 Å². The van der Waals surface area contributed by atoms with Crippen LogP contribution in [0.15, 0.2) is 36.4 Å². The van der Waals surface area contributed by atoms with Crippen molar-refractivity contribution in [3.05, 3.63) is 53.1 Å². The number of methoxy groups -OCH3 is 2. The molecule has 1 saturated carbocycles. The van der Waals surface area contributed by atoms with Crippen molar-refractivity contribution in [2.75, 3.05) is 26.1 Å². The van der Waals surface area contributed by atoms with Gasteiger partial charge in [-0.15, -0.1) is 0 Å². The van der Waals surface area contributed by atoms with E-state index in [1.54, 1.807) is 14.2 Å². The summed E-state index contributed by atoms with van der Waals surface area (Å²) in [5.41, 5.74) is 4.28. The lowest BCUT2D eigenvalue weighted by Gasteiger charge is -2.20. The monoisotopic (exact) mass is 382 g/mol. The van der Waals surface area contributed by atoms with E-state index in [1.165, 1.54) is 5.56 Å². The Hall–Kier alpha value is -2.69. The van der Waals surface area contributed by atoms with Gasteiger partial charge >= 0.3 is 6.03 Å². The Morgan fingerprint density at radius 2 is 1.82 bits per heavy atom. The lowest BCUT2D eigenvalue weighted by molar-refractivity contribution is 0.251. The summed E-state index contributed by atoms with van der Waals surface area (Å²) in [6, 6.07) is 12.0. The van der Waals surface area contributed by atoms with Gasteiger partial charge in [0.1, 0.15) is 0 Å². The Bertz CT molecular complexity index is 857. The predicted octanol–water partition coefficient (Wildman–Crippen LogP) is 4.99. The first-order valence-corrected chi connectivity index (χ1v) is 9.77. The lowest BCUT2D eigenvalue weighted by atomic mass is 9.95. The van der Waals surface area contributed by atoms with Crippen molar-refractivity contribution in [2.45, 2.75) is 44.9 Å². The van der Waals surface area contributed by atoms with Gasteiger partial charge < -0.3 is 20.1 Å². The van der Waals surface area contributed by atoms with Crippen LogP contribution in [-0.4, -0.2) is 26.8 Å². The second-order valence-electron chi connectivity index (χ2n) is 7.85. The van der Waals surface area contributed by atoms with E-state index in [-0.39, 0.29) is 11.4 Å². The minimum atomic E-state index is -0.164.